The minimum absolute atomic E-state index is 0.109. The third-order valence-electron chi connectivity index (χ3n) is 4.32. The van der Waals surface area contributed by atoms with Gasteiger partial charge in [-0.05, 0) is 6.42 Å². The zero-order valence-corrected chi connectivity index (χ0v) is 14.8. The zero-order chi connectivity index (χ0) is 18.2. The van der Waals surface area contributed by atoms with Crippen LogP contribution in [0.5, 0.6) is 0 Å². The number of rotatable bonds is 9. The molecular formula is C16H29N3O6. The molecule has 0 aromatic rings. The number of carbonyl (C=O) groups is 2. The summed E-state index contributed by atoms with van der Waals surface area (Å²) in [5.41, 5.74) is 0. The van der Waals surface area contributed by atoms with Crippen molar-refractivity contribution in [2.75, 3.05) is 33.4 Å². The van der Waals surface area contributed by atoms with Crippen molar-refractivity contribution in [1.29, 1.82) is 0 Å². The number of aliphatic hydroxyl groups excluding tert-OH is 1. The maximum Gasteiger partial charge on any atom is 0.314 e. The number of amides is 3. The number of aliphatic hydroxyl groups is 1. The predicted molar refractivity (Wildman–Crippen MR) is 89.1 cm³/mol. The van der Waals surface area contributed by atoms with E-state index in [0.29, 0.717) is 26.1 Å². The van der Waals surface area contributed by atoms with Gasteiger partial charge < -0.3 is 35.3 Å². The Labute approximate surface area is 147 Å². The second-order valence-corrected chi connectivity index (χ2v) is 6.35. The smallest absolute Gasteiger partial charge is 0.314 e. The number of ether oxygens (including phenoxy) is 3. The Morgan fingerprint density at radius 2 is 2.00 bits per heavy atom. The number of hydrogen-bond acceptors (Lipinski definition) is 6. The van der Waals surface area contributed by atoms with Gasteiger partial charge in [-0.25, -0.2) is 4.79 Å². The molecule has 0 unspecified atom stereocenters. The highest BCUT2D eigenvalue weighted by Gasteiger charge is 2.50. The van der Waals surface area contributed by atoms with Gasteiger partial charge in [0.1, 0.15) is 18.3 Å². The molecule has 9 heteroatoms. The van der Waals surface area contributed by atoms with E-state index in [4.69, 9.17) is 14.2 Å². The number of methoxy groups -OCH3 is 1. The molecule has 0 saturated carbocycles. The molecule has 3 amide bonds. The van der Waals surface area contributed by atoms with E-state index in [1.165, 1.54) is 0 Å². The van der Waals surface area contributed by atoms with Crippen LogP contribution < -0.4 is 16.0 Å². The first kappa shape index (κ1) is 19.9. The fourth-order valence-electron chi connectivity index (χ4n) is 3.07. The summed E-state index contributed by atoms with van der Waals surface area (Å²) in [7, 11) is 1.57. The minimum Gasteiger partial charge on any atom is -0.388 e. The molecule has 144 valence electrons. The van der Waals surface area contributed by atoms with Crippen LogP contribution in [-0.2, 0) is 19.0 Å². The maximum atomic E-state index is 11.8. The van der Waals surface area contributed by atoms with E-state index in [-0.39, 0.29) is 37.1 Å². The molecule has 5 atom stereocenters. The molecular weight excluding hydrogens is 330 g/mol. The van der Waals surface area contributed by atoms with Crippen molar-refractivity contribution < 1.29 is 28.9 Å². The average molecular weight is 359 g/mol. The zero-order valence-electron chi connectivity index (χ0n) is 14.8. The van der Waals surface area contributed by atoms with Crippen LogP contribution >= 0.6 is 0 Å². The van der Waals surface area contributed by atoms with Crippen LogP contribution in [0.15, 0.2) is 0 Å². The van der Waals surface area contributed by atoms with Crippen molar-refractivity contribution in [2.45, 2.75) is 56.7 Å². The summed E-state index contributed by atoms with van der Waals surface area (Å²) in [5.74, 6) is -0.109. The van der Waals surface area contributed by atoms with Gasteiger partial charge >= 0.3 is 6.03 Å². The van der Waals surface area contributed by atoms with Crippen LogP contribution in [0.1, 0.15) is 26.2 Å². The molecule has 2 fully saturated rings. The van der Waals surface area contributed by atoms with E-state index in [1.54, 1.807) is 7.11 Å². The van der Waals surface area contributed by atoms with Gasteiger partial charge in [0.15, 0.2) is 0 Å². The summed E-state index contributed by atoms with van der Waals surface area (Å²) in [6.45, 7) is 3.71. The molecule has 2 aliphatic rings. The van der Waals surface area contributed by atoms with Gasteiger partial charge in [-0.15, -0.1) is 0 Å². The molecule has 2 aliphatic heterocycles. The van der Waals surface area contributed by atoms with Crippen LogP contribution in [0, 0.1) is 0 Å². The normalized spacial score (nSPS) is 30.8. The largest absolute Gasteiger partial charge is 0.388 e. The van der Waals surface area contributed by atoms with Crippen LogP contribution in [0.4, 0.5) is 4.79 Å². The first-order chi connectivity index (χ1) is 12.0. The first-order valence-corrected chi connectivity index (χ1v) is 8.81. The Morgan fingerprint density at radius 3 is 2.68 bits per heavy atom. The second-order valence-electron chi connectivity index (χ2n) is 6.35. The Bertz CT molecular complexity index is 450. The van der Waals surface area contributed by atoms with E-state index in [0.717, 1.165) is 6.42 Å². The van der Waals surface area contributed by atoms with Gasteiger partial charge in [-0.1, -0.05) is 6.92 Å². The number of nitrogens with one attached hydrogen (secondary N) is 3. The number of carbonyl (C=O) groups excluding carboxylic acids is 2. The van der Waals surface area contributed by atoms with Gasteiger partial charge in [-0.3, -0.25) is 4.79 Å². The van der Waals surface area contributed by atoms with E-state index in [9.17, 15) is 14.7 Å². The van der Waals surface area contributed by atoms with Gasteiger partial charge in [-0.2, -0.15) is 0 Å². The molecule has 9 nitrogen and oxygen atoms in total. The Hall–Kier alpha value is -1.42. The number of hydrogen-bond donors (Lipinski definition) is 4. The molecule has 0 bridgehead atoms. The van der Waals surface area contributed by atoms with Gasteiger partial charge in [0.05, 0.1) is 25.2 Å². The van der Waals surface area contributed by atoms with E-state index in [2.05, 4.69) is 16.0 Å². The molecule has 0 aromatic carbocycles. The highest BCUT2D eigenvalue weighted by Crippen LogP contribution is 2.35. The molecule has 2 rings (SSSR count). The summed E-state index contributed by atoms with van der Waals surface area (Å²) in [5, 5.41) is 18.5. The highest BCUT2D eigenvalue weighted by atomic mass is 16.6. The predicted octanol–water partition coefficient (Wildman–Crippen LogP) is -0.866. The Morgan fingerprint density at radius 1 is 1.20 bits per heavy atom. The quantitative estimate of drug-likeness (QED) is 0.398. The lowest BCUT2D eigenvalue weighted by atomic mass is 10.1. The van der Waals surface area contributed by atoms with E-state index < -0.39 is 18.3 Å². The molecule has 0 aromatic heterocycles. The Balaban J connectivity index is 1.69. The molecule has 25 heavy (non-hydrogen) atoms. The van der Waals surface area contributed by atoms with E-state index in [1.807, 2.05) is 6.92 Å². The molecule has 4 N–H and O–H groups in total. The first-order valence-electron chi connectivity index (χ1n) is 8.81. The fourth-order valence-corrected chi connectivity index (χ4v) is 3.07. The number of urea groups is 1. The molecule has 0 radical (unpaired) electrons. The molecule has 0 spiro atoms. The minimum atomic E-state index is -0.821. The lowest BCUT2D eigenvalue weighted by molar-refractivity contribution is -0.124. The summed E-state index contributed by atoms with van der Waals surface area (Å²) in [6, 6.07) is -0.277. The standard InChI is InChI=1S/C16H29N3O6/c1-3-4-18-16(22)19-9-12-14(21)15-11(25-12)7-10(24-15)8-13(20)17-5-6-23-2/h10-12,14-15,21H,3-9H2,1-2H3,(H,17,20)(H2,18,19,22)/t10-,11+,12+,14+,15-/m0/s1. The average Bonchev–Trinajstić information content (AvgIpc) is 3.10. The lowest BCUT2D eigenvalue weighted by Gasteiger charge is -2.20. The summed E-state index contributed by atoms with van der Waals surface area (Å²) in [6.07, 6.45) is -0.660. The highest BCUT2D eigenvalue weighted by molar-refractivity contribution is 5.76. The van der Waals surface area contributed by atoms with Gasteiger partial charge in [0.25, 0.3) is 0 Å². The molecule has 0 aliphatic carbocycles. The third-order valence-corrected chi connectivity index (χ3v) is 4.32. The van der Waals surface area contributed by atoms with Crippen molar-refractivity contribution >= 4 is 11.9 Å². The van der Waals surface area contributed by atoms with Gasteiger partial charge in [0, 0.05) is 33.2 Å². The summed E-state index contributed by atoms with van der Waals surface area (Å²) < 4.78 is 16.5. The monoisotopic (exact) mass is 359 g/mol. The summed E-state index contributed by atoms with van der Waals surface area (Å²) >= 11 is 0. The van der Waals surface area contributed by atoms with Crippen molar-refractivity contribution in [2.24, 2.45) is 0 Å². The van der Waals surface area contributed by atoms with Crippen molar-refractivity contribution in [3.8, 4) is 0 Å². The van der Waals surface area contributed by atoms with Crippen LogP contribution in [-0.4, -0.2) is 80.9 Å². The van der Waals surface area contributed by atoms with E-state index >= 15 is 0 Å². The Kier molecular flexibility index (Phi) is 7.89. The van der Waals surface area contributed by atoms with Crippen LogP contribution in [0.25, 0.3) is 0 Å². The second kappa shape index (κ2) is 9.91. The van der Waals surface area contributed by atoms with Crippen molar-refractivity contribution in [3.05, 3.63) is 0 Å². The topological polar surface area (TPSA) is 118 Å². The van der Waals surface area contributed by atoms with Crippen molar-refractivity contribution in [1.82, 2.24) is 16.0 Å². The maximum absolute atomic E-state index is 11.8. The van der Waals surface area contributed by atoms with Crippen LogP contribution in [0.2, 0.25) is 0 Å². The lowest BCUT2D eigenvalue weighted by Crippen LogP contribution is -2.44. The third kappa shape index (κ3) is 5.81. The van der Waals surface area contributed by atoms with Crippen LogP contribution in [0.3, 0.4) is 0 Å². The summed E-state index contributed by atoms with van der Waals surface area (Å²) in [4.78, 5) is 23.3. The number of fused-ring (bicyclic) bond motifs is 1. The van der Waals surface area contributed by atoms with Crippen molar-refractivity contribution in [3.63, 3.8) is 0 Å². The SMILES string of the molecule is CCCNC(=O)NC[C@H]1O[C@@H]2C[C@@H](CC(=O)NCCOC)O[C@@H]2[C@@H]1O. The molecule has 2 heterocycles. The fraction of sp³-hybridized carbons (Fsp3) is 0.875. The van der Waals surface area contributed by atoms with Gasteiger partial charge in [0.2, 0.25) is 5.91 Å². The molecule has 2 saturated heterocycles.